The third kappa shape index (κ3) is 3.26. The Labute approximate surface area is 137 Å². The molecule has 0 fully saturated rings. The van der Waals surface area contributed by atoms with Gasteiger partial charge in [0.25, 0.3) is 5.69 Å². The molecule has 1 heterocycles. The van der Waals surface area contributed by atoms with Gasteiger partial charge < -0.3 is 4.98 Å². The molecule has 0 bridgehead atoms. The van der Waals surface area contributed by atoms with Crippen LogP contribution in [0.5, 0.6) is 0 Å². The third-order valence-corrected chi connectivity index (χ3v) is 4.90. The molecule has 0 unspecified atom stereocenters. The number of imidazole rings is 1. The Morgan fingerprint density at radius 2 is 1.92 bits per heavy atom. The number of nitrogens with one attached hydrogen (secondary N) is 2. The standard InChI is InChI=1S/C15H14N4O4S/c1-10-2-5-12(6-3-10)24(22,23)16-9-15-17-13-7-4-11(19(20)21)8-14(13)18-15/h2-8,16H,9H2,1H3,(H,17,18). The first kappa shape index (κ1) is 16.1. The number of fused-ring (bicyclic) bond motifs is 1. The largest absolute Gasteiger partial charge is 0.341 e. The lowest BCUT2D eigenvalue weighted by molar-refractivity contribution is -0.384. The molecular weight excluding hydrogens is 332 g/mol. The van der Waals surface area contributed by atoms with Crippen LogP contribution < -0.4 is 4.72 Å². The van der Waals surface area contributed by atoms with Crippen molar-refractivity contribution in [2.24, 2.45) is 0 Å². The van der Waals surface area contributed by atoms with Crippen LogP contribution in [0, 0.1) is 17.0 Å². The Morgan fingerprint density at radius 1 is 1.21 bits per heavy atom. The molecule has 0 spiro atoms. The predicted octanol–water partition coefficient (Wildman–Crippen LogP) is 2.26. The van der Waals surface area contributed by atoms with Crippen LogP contribution in [0.2, 0.25) is 0 Å². The Bertz CT molecular complexity index is 1010. The molecule has 0 radical (unpaired) electrons. The first-order valence-electron chi connectivity index (χ1n) is 7.04. The minimum Gasteiger partial charge on any atom is -0.341 e. The lowest BCUT2D eigenvalue weighted by Gasteiger charge is -2.05. The van der Waals surface area contributed by atoms with E-state index >= 15 is 0 Å². The first-order chi connectivity index (χ1) is 11.3. The van der Waals surface area contributed by atoms with Crippen LogP contribution in [0.15, 0.2) is 47.4 Å². The second-order valence-corrected chi connectivity index (χ2v) is 7.05. The molecule has 3 aromatic rings. The maximum atomic E-state index is 12.2. The van der Waals surface area contributed by atoms with E-state index in [0.29, 0.717) is 16.9 Å². The average molecular weight is 346 g/mol. The highest BCUT2D eigenvalue weighted by molar-refractivity contribution is 7.89. The van der Waals surface area contributed by atoms with E-state index in [-0.39, 0.29) is 17.1 Å². The van der Waals surface area contributed by atoms with Crippen molar-refractivity contribution in [2.45, 2.75) is 18.4 Å². The number of nitro groups is 1. The molecule has 2 N–H and O–H groups in total. The summed E-state index contributed by atoms with van der Waals surface area (Å²) >= 11 is 0. The topological polar surface area (TPSA) is 118 Å². The van der Waals surface area contributed by atoms with Crippen LogP contribution in [0.4, 0.5) is 5.69 Å². The predicted molar refractivity (Wildman–Crippen MR) is 88.0 cm³/mol. The highest BCUT2D eigenvalue weighted by Gasteiger charge is 2.15. The number of hydrogen-bond acceptors (Lipinski definition) is 5. The highest BCUT2D eigenvalue weighted by atomic mass is 32.2. The van der Waals surface area contributed by atoms with Crippen molar-refractivity contribution in [3.05, 3.63) is 64.0 Å². The fourth-order valence-electron chi connectivity index (χ4n) is 2.21. The van der Waals surface area contributed by atoms with Crippen molar-refractivity contribution in [3.8, 4) is 0 Å². The van der Waals surface area contributed by atoms with Gasteiger partial charge >= 0.3 is 0 Å². The van der Waals surface area contributed by atoms with Gasteiger partial charge in [0.15, 0.2) is 0 Å². The van der Waals surface area contributed by atoms with Crippen LogP contribution in [-0.2, 0) is 16.6 Å². The van der Waals surface area contributed by atoms with Crippen LogP contribution in [0.3, 0.4) is 0 Å². The second-order valence-electron chi connectivity index (χ2n) is 5.28. The lowest BCUT2D eigenvalue weighted by Crippen LogP contribution is -2.23. The van der Waals surface area contributed by atoms with Crippen LogP contribution in [0.25, 0.3) is 11.0 Å². The summed E-state index contributed by atoms with van der Waals surface area (Å²) in [6, 6.07) is 10.7. The molecular formula is C15H14N4O4S. The van der Waals surface area contributed by atoms with Crippen molar-refractivity contribution in [1.82, 2.24) is 14.7 Å². The number of benzene rings is 2. The fourth-order valence-corrected chi connectivity index (χ4v) is 3.20. The number of non-ortho nitro benzene ring substituents is 1. The van der Waals surface area contributed by atoms with Gasteiger partial charge in [-0.3, -0.25) is 10.1 Å². The van der Waals surface area contributed by atoms with Gasteiger partial charge in [0.2, 0.25) is 10.0 Å². The van der Waals surface area contributed by atoms with Crippen LogP contribution in [-0.4, -0.2) is 23.3 Å². The Hall–Kier alpha value is -2.78. The van der Waals surface area contributed by atoms with Gasteiger partial charge in [-0.25, -0.2) is 18.1 Å². The normalized spacial score (nSPS) is 11.7. The molecule has 124 valence electrons. The maximum absolute atomic E-state index is 12.2. The summed E-state index contributed by atoms with van der Waals surface area (Å²) in [5.41, 5.74) is 1.92. The molecule has 0 aliphatic rings. The van der Waals surface area contributed by atoms with Gasteiger partial charge in [0, 0.05) is 12.1 Å². The zero-order valence-electron chi connectivity index (χ0n) is 12.7. The molecule has 1 aromatic heterocycles. The molecule has 0 saturated heterocycles. The Balaban J connectivity index is 1.80. The van der Waals surface area contributed by atoms with Crippen molar-refractivity contribution < 1.29 is 13.3 Å². The van der Waals surface area contributed by atoms with Gasteiger partial charge in [-0.15, -0.1) is 0 Å². The summed E-state index contributed by atoms with van der Waals surface area (Å²) < 4.78 is 26.9. The van der Waals surface area contributed by atoms with E-state index in [0.717, 1.165) is 5.56 Å². The quantitative estimate of drug-likeness (QED) is 0.542. The van der Waals surface area contributed by atoms with E-state index in [1.54, 1.807) is 12.1 Å². The molecule has 0 aliphatic heterocycles. The minimum atomic E-state index is -3.65. The van der Waals surface area contributed by atoms with E-state index in [1.807, 2.05) is 6.92 Å². The van der Waals surface area contributed by atoms with Crippen molar-refractivity contribution >= 4 is 26.7 Å². The molecule has 8 nitrogen and oxygen atoms in total. The fraction of sp³-hybridized carbons (Fsp3) is 0.133. The highest BCUT2D eigenvalue weighted by Crippen LogP contribution is 2.19. The molecule has 0 amide bonds. The van der Waals surface area contributed by atoms with E-state index in [1.165, 1.54) is 30.3 Å². The summed E-state index contributed by atoms with van der Waals surface area (Å²) in [6.45, 7) is 1.83. The van der Waals surface area contributed by atoms with Gasteiger partial charge in [-0.05, 0) is 25.1 Å². The van der Waals surface area contributed by atoms with E-state index in [4.69, 9.17) is 0 Å². The van der Waals surface area contributed by atoms with Crippen LogP contribution in [0.1, 0.15) is 11.4 Å². The number of H-pyrrole nitrogens is 1. The van der Waals surface area contributed by atoms with E-state index in [2.05, 4.69) is 14.7 Å². The van der Waals surface area contributed by atoms with Gasteiger partial charge in [0.05, 0.1) is 27.4 Å². The Kier molecular flexibility index (Phi) is 4.04. The summed E-state index contributed by atoms with van der Waals surface area (Å²) in [4.78, 5) is 17.5. The SMILES string of the molecule is Cc1ccc(S(=O)(=O)NCc2nc3ccc([N+](=O)[O-])cc3[nH]2)cc1. The minimum absolute atomic E-state index is 0.0430. The average Bonchev–Trinajstić information content (AvgIpc) is 2.95. The molecule has 0 aliphatic carbocycles. The molecule has 0 atom stereocenters. The number of sulfonamides is 1. The number of aromatic nitrogens is 2. The van der Waals surface area contributed by atoms with Gasteiger partial charge in [-0.2, -0.15) is 0 Å². The smallest absolute Gasteiger partial charge is 0.271 e. The molecule has 2 aromatic carbocycles. The van der Waals surface area contributed by atoms with E-state index in [9.17, 15) is 18.5 Å². The molecule has 24 heavy (non-hydrogen) atoms. The summed E-state index contributed by atoms with van der Waals surface area (Å²) in [5, 5.41) is 10.8. The summed E-state index contributed by atoms with van der Waals surface area (Å²) in [7, 11) is -3.65. The number of rotatable bonds is 5. The van der Waals surface area contributed by atoms with Crippen molar-refractivity contribution in [2.75, 3.05) is 0 Å². The monoisotopic (exact) mass is 346 g/mol. The Morgan fingerprint density at radius 3 is 2.58 bits per heavy atom. The van der Waals surface area contributed by atoms with Gasteiger partial charge in [-0.1, -0.05) is 17.7 Å². The third-order valence-electron chi connectivity index (χ3n) is 3.49. The zero-order valence-corrected chi connectivity index (χ0v) is 13.5. The zero-order chi connectivity index (χ0) is 17.3. The number of nitro benzene ring substituents is 1. The lowest BCUT2D eigenvalue weighted by atomic mass is 10.2. The van der Waals surface area contributed by atoms with Crippen molar-refractivity contribution in [1.29, 1.82) is 0 Å². The summed E-state index contributed by atoms with van der Waals surface area (Å²) in [6.07, 6.45) is 0. The summed E-state index contributed by atoms with van der Waals surface area (Å²) in [5.74, 6) is 0.376. The van der Waals surface area contributed by atoms with Crippen molar-refractivity contribution in [3.63, 3.8) is 0 Å². The number of aromatic amines is 1. The second kappa shape index (κ2) is 6.02. The number of aryl methyl sites for hydroxylation is 1. The maximum Gasteiger partial charge on any atom is 0.271 e. The van der Waals surface area contributed by atoms with Crippen LogP contribution >= 0.6 is 0 Å². The molecule has 3 rings (SSSR count). The van der Waals surface area contributed by atoms with Gasteiger partial charge in [0.1, 0.15) is 5.82 Å². The molecule has 9 heteroatoms. The molecule has 0 saturated carbocycles. The first-order valence-corrected chi connectivity index (χ1v) is 8.53. The number of nitrogens with zero attached hydrogens (tertiary/aromatic N) is 2. The number of hydrogen-bond donors (Lipinski definition) is 2. The van der Waals surface area contributed by atoms with E-state index < -0.39 is 14.9 Å².